The number of benzene rings is 1. The zero-order valence-electron chi connectivity index (χ0n) is 12.2. The molecule has 0 spiro atoms. The summed E-state index contributed by atoms with van der Waals surface area (Å²) in [4.78, 5) is 14.5. The number of aromatic nitrogens is 1. The van der Waals surface area contributed by atoms with Crippen LogP contribution in [0.15, 0.2) is 36.5 Å². The van der Waals surface area contributed by atoms with Crippen molar-refractivity contribution in [3.05, 3.63) is 63.3 Å². The Morgan fingerprint density at radius 3 is 2.96 bits per heavy atom. The largest absolute Gasteiger partial charge is 0.383 e. The summed E-state index contributed by atoms with van der Waals surface area (Å²) >= 11 is 0. The monoisotopic (exact) mass is 310 g/mol. The lowest BCUT2D eigenvalue weighted by molar-refractivity contribution is -0.384. The standard InChI is InChI=1S/C16H14N4O3/c17-9-12-6-8-18-15(14(12)20(22)23)19-10-16(21)7-5-11-3-1-2-4-13(11)16/h1-4,6,8,21H,5,7,10H2,(H,18,19)/t16-/m1/s1. The van der Waals surface area contributed by atoms with Gasteiger partial charge in [-0.25, -0.2) is 4.98 Å². The number of aryl methyl sites for hydroxylation is 1. The zero-order chi connectivity index (χ0) is 16.4. The molecule has 0 amide bonds. The molecule has 23 heavy (non-hydrogen) atoms. The highest BCUT2D eigenvalue weighted by molar-refractivity contribution is 5.64. The molecule has 1 aliphatic carbocycles. The van der Waals surface area contributed by atoms with E-state index in [0.717, 1.165) is 17.5 Å². The Balaban J connectivity index is 1.88. The average Bonchev–Trinajstić information content (AvgIpc) is 2.90. The van der Waals surface area contributed by atoms with E-state index in [1.807, 2.05) is 24.3 Å². The molecule has 1 atom stereocenters. The van der Waals surface area contributed by atoms with Crippen LogP contribution in [-0.4, -0.2) is 21.6 Å². The maximum absolute atomic E-state index is 11.2. The molecule has 1 aliphatic rings. The molecule has 0 fully saturated rings. The van der Waals surface area contributed by atoms with Crippen LogP contribution in [0.25, 0.3) is 0 Å². The lowest BCUT2D eigenvalue weighted by atomic mass is 9.96. The van der Waals surface area contributed by atoms with Crippen molar-refractivity contribution < 1.29 is 10.0 Å². The fourth-order valence-electron chi connectivity index (χ4n) is 2.94. The SMILES string of the molecule is N#Cc1ccnc(NC[C@]2(O)CCc3ccccc32)c1[N+](=O)[O-]. The number of fused-ring (bicyclic) bond motifs is 1. The lowest BCUT2D eigenvalue weighted by Crippen LogP contribution is -2.32. The van der Waals surface area contributed by atoms with E-state index in [-0.39, 0.29) is 23.6 Å². The van der Waals surface area contributed by atoms with Crippen LogP contribution in [-0.2, 0) is 12.0 Å². The van der Waals surface area contributed by atoms with Crippen molar-refractivity contribution in [2.24, 2.45) is 0 Å². The Bertz CT molecular complexity index is 815. The number of pyridine rings is 1. The van der Waals surface area contributed by atoms with E-state index in [0.29, 0.717) is 6.42 Å². The second-order valence-electron chi connectivity index (χ2n) is 5.47. The fraction of sp³-hybridized carbons (Fsp3) is 0.250. The van der Waals surface area contributed by atoms with Gasteiger partial charge in [0, 0.05) is 12.7 Å². The maximum atomic E-state index is 11.2. The summed E-state index contributed by atoms with van der Waals surface area (Å²) in [6, 6.07) is 10.7. The minimum atomic E-state index is -1.10. The number of hydrogen-bond donors (Lipinski definition) is 2. The molecule has 3 rings (SSSR count). The second-order valence-corrected chi connectivity index (χ2v) is 5.47. The lowest BCUT2D eigenvalue weighted by Gasteiger charge is -2.24. The zero-order valence-corrected chi connectivity index (χ0v) is 12.2. The van der Waals surface area contributed by atoms with Gasteiger partial charge in [0.05, 0.1) is 4.92 Å². The van der Waals surface area contributed by atoms with Crippen LogP contribution in [0.5, 0.6) is 0 Å². The Morgan fingerprint density at radius 2 is 2.22 bits per heavy atom. The van der Waals surface area contributed by atoms with Crippen molar-refractivity contribution in [1.82, 2.24) is 4.98 Å². The van der Waals surface area contributed by atoms with Crippen LogP contribution in [0, 0.1) is 21.4 Å². The molecule has 7 nitrogen and oxygen atoms in total. The first-order chi connectivity index (χ1) is 11.0. The number of anilines is 1. The Kier molecular flexibility index (Phi) is 3.68. The van der Waals surface area contributed by atoms with Gasteiger partial charge in [0.1, 0.15) is 17.2 Å². The molecule has 0 radical (unpaired) electrons. The van der Waals surface area contributed by atoms with Gasteiger partial charge >= 0.3 is 5.69 Å². The topological polar surface area (TPSA) is 112 Å². The van der Waals surface area contributed by atoms with E-state index in [4.69, 9.17) is 5.26 Å². The Labute approximate surface area is 132 Å². The van der Waals surface area contributed by atoms with Crippen LogP contribution in [0.2, 0.25) is 0 Å². The van der Waals surface area contributed by atoms with Gasteiger partial charge in [-0.05, 0) is 30.0 Å². The van der Waals surface area contributed by atoms with Gasteiger partial charge in [-0.15, -0.1) is 0 Å². The molecule has 7 heteroatoms. The van der Waals surface area contributed by atoms with Gasteiger partial charge in [0.15, 0.2) is 0 Å². The maximum Gasteiger partial charge on any atom is 0.328 e. The summed E-state index contributed by atoms with van der Waals surface area (Å²) in [5, 5.41) is 33.9. The van der Waals surface area contributed by atoms with Gasteiger partial charge in [-0.2, -0.15) is 5.26 Å². The molecular weight excluding hydrogens is 296 g/mol. The minimum absolute atomic E-state index is 0.00754. The third-order valence-electron chi connectivity index (χ3n) is 4.10. The molecule has 0 aliphatic heterocycles. The molecule has 116 valence electrons. The van der Waals surface area contributed by atoms with Crippen LogP contribution in [0.1, 0.15) is 23.1 Å². The Morgan fingerprint density at radius 1 is 1.43 bits per heavy atom. The van der Waals surface area contributed by atoms with Crippen molar-refractivity contribution in [1.29, 1.82) is 5.26 Å². The highest BCUT2D eigenvalue weighted by atomic mass is 16.6. The number of hydrogen-bond acceptors (Lipinski definition) is 6. The second kappa shape index (κ2) is 5.66. The van der Waals surface area contributed by atoms with Gasteiger partial charge < -0.3 is 10.4 Å². The summed E-state index contributed by atoms with van der Waals surface area (Å²) in [7, 11) is 0. The molecular formula is C16H14N4O3. The third kappa shape index (κ3) is 2.60. The molecule has 2 N–H and O–H groups in total. The molecule has 0 unspecified atom stereocenters. The molecule has 0 saturated heterocycles. The first-order valence-corrected chi connectivity index (χ1v) is 7.13. The van der Waals surface area contributed by atoms with E-state index in [9.17, 15) is 15.2 Å². The normalized spacial score (nSPS) is 19.0. The van der Waals surface area contributed by atoms with E-state index < -0.39 is 10.5 Å². The number of nitro groups is 1. The van der Waals surface area contributed by atoms with E-state index in [1.165, 1.54) is 12.3 Å². The smallest absolute Gasteiger partial charge is 0.328 e. The van der Waals surface area contributed by atoms with Gasteiger partial charge in [0.2, 0.25) is 5.82 Å². The van der Waals surface area contributed by atoms with E-state index in [1.54, 1.807) is 6.07 Å². The van der Waals surface area contributed by atoms with Crippen molar-refractivity contribution in [2.45, 2.75) is 18.4 Å². The number of nitrogens with zero attached hydrogens (tertiary/aromatic N) is 3. The van der Waals surface area contributed by atoms with Crippen molar-refractivity contribution in [3.63, 3.8) is 0 Å². The van der Waals surface area contributed by atoms with Crippen LogP contribution < -0.4 is 5.32 Å². The van der Waals surface area contributed by atoms with Crippen molar-refractivity contribution in [3.8, 4) is 6.07 Å². The molecule has 2 aromatic rings. The first-order valence-electron chi connectivity index (χ1n) is 7.13. The van der Waals surface area contributed by atoms with E-state index in [2.05, 4.69) is 10.3 Å². The minimum Gasteiger partial charge on any atom is -0.383 e. The highest BCUT2D eigenvalue weighted by Gasteiger charge is 2.37. The Hall–Kier alpha value is -2.98. The van der Waals surface area contributed by atoms with Gasteiger partial charge in [-0.1, -0.05) is 24.3 Å². The summed E-state index contributed by atoms with van der Waals surface area (Å²) in [6.07, 6.45) is 2.62. The van der Waals surface area contributed by atoms with Gasteiger partial charge in [-0.3, -0.25) is 10.1 Å². The average molecular weight is 310 g/mol. The molecule has 1 aromatic heterocycles. The number of rotatable bonds is 4. The third-order valence-corrected chi connectivity index (χ3v) is 4.10. The summed E-state index contributed by atoms with van der Waals surface area (Å²) in [5.74, 6) is -0.00754. The van der Waals surface area contributed by atoms with Crippen LogP contribution in [0.3, 0.4) is 0 Å². The van der Waals surface area contributed by atoms with Crippen molar-refractivity contribution >= 4 is 11.5 Å². The number of aliphatic hydroxyl groups is 1. The summed E-state index contributed by atoms with van der Waals surface area (Å²) in [6.45, 7) is 0.0900. The summed E-state index contributed by atoms with van der Waals surface area (Å²) in [5.41, 5.74) is 0.363. The van der Waals surface area contributed by atoms with E-state index >= 15 is 0 Å². The number of nitriles is 1. The van der Waals surface area contributed by atoms with Gasteiger partial charge in [0.25, 0.3) is 0 Å². The highest BCUT2D eigenvalue weighted by Crippen LogP contribution is 2.37. The molecule has 0 saturated carbocycles. The van der Waals surface area contributed by atoms with Crippen LogP contribution >= 0.6 is 0 Å². The van der Waals surface area contributed by atoms with Crippen molar-refractivity contribution in [2.75, 3.05) is 11.9 Å². The number of nitrogens with one attached hydrogen (secondary N) is 1. The predicted octanol–water partition coefficient (Wildman–Crippen LogP) is 2.11. The predicted molar refractivity (Wildman–Crippen MR) is 82.8 cm³/mol. The molecule has 1 heterocycles. The quantitative estimate of drug-likeness (QED) is 0.660. The summed E-state index contributed by atoms with van der Waals surface area (Å²) < 4.78 is 0. The fourth-order valence-corrected chi connectivity index (χ4v) is 2.94. The molecule has 1 aromatic carbocycles. The first kappa shape index (κ1) is 14.9. The van der Waals surface area contributed by atoms with Crippen LogP contribution in [0.4, 0.5) is 11.5 Å². The molecule has 0 bridgehead atoms.